The van der Waals surface area contributed by atoms with E-state index in [1.807, 2.05) is 43.3 Å². The van der Waals surface area contributed by atoms with Gasteiger partial charge in [-0.2, -0.15) is 0 Å². The highest BCUT2D eigenvalue weighted by molar-refractivity contribution is 6.31. The Morgan fingerprint density at radius 3 is 2.71 bits per heavy atom. The molecule has 0 fully saturated rings. The Kier molecular flexibility index (Phi) is 4.92. The molecule has 4 rings (SSSR count). The standard InChI is InChI=1S/C20H19ClN4O3/c1-12(15-5-3-4-6-16(15)21)22-20(26)19-13(2)25(24-23-19)14-7-8-17-18(11-14)28-10-9-27-17/h3-8,11-12H,9-10H2,1-2H3,(H,22,26)/t12-/m0/s1. The van der Waals surface area contributed by atoms with Crippen molar-refractivity contribution >= 4 is 17.5 Å². The Labute approximate surface area is 167 Å². The molecule has 2 heterocycles. The zero-order chi connectivity index (χ0) is 19.7. The molecule has 0 radical (unpaired) electrons. The summed E-state index contributed by atoms with van der Waals surface area (Å²) in [4.78, 5) is 12.7. The Morgan fingerprint density at radius 2 is 1.93 bits per heavy atom. The van der Waals surface area contributed by atoms with Crippen LogP contribution in [0.15, 0.2) is 42.5 Å². The number of ether oxygens (including phenoxy) is 2. The van der Waals surface area contributed by atoms with Crippen LogP contribution in [0.2, 0.25) is 5.02 Å². The highest BCUT2D eigenvalue weighted by Crippen LogP contribution is 2.32. The van der Waals surface area contributed by atoms with Gasteiger partial charge in [0.15, 0.2) is 17.2 Å². The minimum absolute atomic E-state index is 0.258. The summed E-state index contributed by atoms with van der Waals surface area (Å²) in [6, 6.07) is 12.6. The molecule has 8 heteroatoms. The molecule has 28 heavy (non-hydrogen) atoms. The molecule has 0 spiro atoms. The van der Waals surface area contributed by atoms with Gasteiger partial charge in [-0.1, -0.05) is 35.0 Å². The molecule has 7 nitrogen and oxygen atoms in total. The summed E-state index contributed by atoms with van der Waals surface area (Å²) in [5.74, 6) is 1.03. The molecular formula is C20H19ClN4O3. The van der Waals surface area contributed by atoms with Crippen LogP contribution in [-0.2, 0) is 0 Å². The van der Waals surface area contributed by atoms with Crippen LogP contribution in [0, 0.1) is 6.92 Å². The van der Waals surface area contributed by atoms with Gasteiger partial charge in [0.2, 0.25) is 0 Å². The van der Waals surface area contributed by atoms with Gasteiger partial charge in [0.05, 0.1) is 17.4 Å². The average Bonchev–Trinajstić information content (AvgIpc) is 3.09. The van der Waals surface area contributed by atoms with Crippen LogP contribution in [-0.4, -0.2) is 34.1 Å². The van der Waals surface area contributed by atoms with Crippen LogP contribution in [0.4, 0.5) is 0 Å². The second-order valence-corrected chi connectivity index (χ2v) is 6.89. The van der Waals surface area contributed by atoms with Crippen molar-refractivity contribution in [3.05, 3.63) is 64.4 Å². The SMILES string of the molecule is Cc1c(C(=O)N[C@@H](C)c2ccccc2Cl)nnn1-c1ccc2c(c1)OCCO2. The number of carbonyl (C=O) groups excluding carboxylic acids is 1. The summed E-state index contributed by atoms with van der Waals surface area (Å²) in [7, 11) is 0. The van der Waals surface area contributed by atoms with Gasteiger partial charge in [0.25, 0.3) is 5.91 Å². The zero-order valence-corrected chi connectivity index (χ0v) is 16.2. The second kappa shape index (κ2) is 7.52. The van der Waals surface area contributed by atoms with E-state index in [0.717, 1.165) is 11.3 Å². The number of amides is 1. The number of benzene rings is 2. The average molecular weight is 399 g/mol. The molecule has 1 aromatic heterocycles. The minimum Gasteiger partial charge on any atom is -0.486 e. The van der Waals surface area contributed by atoms with Gasteiger partial charge in [-0.05, 0) is 37.6 Å². The van der Waals surface area contributed by atoms with Crippen molar-refractivity contribution in [3.8, 4) is 17.2 Å². The van der Waals surface area contributed by atoms with Gasteiger partial charge in [-0.15, -0.1) is 5.10 Å². The molecule has 1 N–H and O–H groups in total. The zero-order valence-electron chi connectivity index (χ0n) is 15.5. The van der Waals surface area contributed by atoms with E-state index in [4.69, 9.17) is 21.1 Å². The van der Waals surface area contributed by atoms with Crippen LogP contribution in [0.1, 0.15) is 34.7 Å². The first kappa shape index (κ1) is 18.3. The maximum atomic E-state index is 12.7. The largest absolute Gasteiger partial charge is 0.486 e. The summed E-state index contributed by atoms with van der Waals surface area (Å²) in [5.41, 5.74) is 2.47. The van der Waals surface area contributed by atoms with Crippen LogP contribution in [0.3, 0.4) is 0 Å². The number of hydrogen-bond donors (Lipinski definition) is 1. The molecule has 3 aromatic rings. The van der Waals surface area contributed by atoms with Gasteiger partial charge in [-0.25, -0.2) is 4.68 Å². The predicted molar refractivity (Wildman–Crippen MR) is 104 cm³/mol. The molecule has 0 bridgehead atoms. The van der Waals surface area contributed by atoms with Crippen molar-refractivity contribution in [1.82, 2.24) is 20.3 Å². The molecule has 0 saturated heterocycles. The first-order chi connectivity index (χ1) is 13.5. The van der Waals surface area contributed by atoms with E-state index >= 15 is 0 Å². The lowest BCUT2D eigenvalue weighted by Crippen LogP contribution is -2.27. The van der Waals surface area contributed by atoms with E-state index in [1.54, 1.807) is 17.7 Å². The number of rotatable bonds is 4. The normalized spacial score (nSPS) is 13.8. The summed E-state index contributed by atoms with van der Waals surface area (Å²) < 4.78 is 12.8. The third kappa shape index (κ3) is 3.41. The summed E-state index contributed by atoms with van der Waals surface area (Å²) in [6.07, 6.45) is 0. The van der Waals surface area contributed by atoms with Crippen LogP contribution in [0.25, 0.3) is 5.69 Å². The van der Waals surface area contributed by atoms with E-state index in [9.17, 15) is 4.79 Å². The second-order valence-electron chi connectivity index (χ2n) is 6.48. The van der Waals surface area contributed by atoms with Crippen molar-refractivity contribution in [2.24, 2.45) is 0 Å². The number of fused-ring (bicyclic) bond motifs is 1. The topological polar surface area (TPSA) is 78.3 Å². The van der Waals surface area contributed by atoms with E-state index in [-0.39, 0.29) is 17.6 Å². The van der Waals surface area contributed by atoms with Gasteiger partial charge < -0.3 is 14.8 Å². The molecule has 0 saturated carbocycles. The predicted octanol–water partition coefficient (Wildman–Crippen LogP) is 3.49. The summed E-state index contributed by atoms with van der Waals surface area (Å²) in [5, 5.41) is 11.7. The fourth-order valence-electron chi connectivity index (χ4n) is 3.12. The first-order valence-corrected chi connectivity index (χ1v) is 9.30. The maximum absolute atomic E-state index is 12.7. The quantitative estimate of drug-likeness (QED) is 0.727. The smallest absolute Gasteiger partial charge is 0.274 e. The molecule has 0 unspecified atom stereocenters. The van der Waals surface area contributed by atoms with Gasteiger partial charge in [-0.3, -0.25) is 4.79 Å². The Balaban J connectivity index is 1.56. The van der Waals surface area contributed by atoms with E-state index < -0.39 is 0 Å². The van der Waals surface area contributed by atoms with Crippen LogP contribution >= 0.6 is 11.6 Å². The number of hydrogen-bond acceptors (Lipinski definition) is 5. The number of aromatic nitrogens is 3. The maximum Gasteiger partial charge on any atom is 0.274 e. The Bertz CT molecular complexity index is 1030. The van der Waals surface area contributed by atoms with Crippen molar-refractivity contribution in [2.45, 2.75) is 19.9 Å². The summed E-state index contributed by atoms with van der Waals surface area (Å²) in [6.45, 7) is 4.70. The minimum atomic E-state index is -0.311. The van der Waals surface area contributed by atoms with E-state index in [2.05, 4.69) is 15.6 Å². The lowest BCUT2D eigenvalue weighted by Gasteiger charge is -2.19. The van der Waals surface area contributed by atoms with Crippen LogP contribution < -0.4 is 14.8 Å². The highest BCUT2D eigenvalue weighted by atomic mass is 35.5. The van der Waals surface area contributed by atoms with Crippen molar-refractivity contribution < 1.29 is 14.3 Å². The third-order valence-corrected chi connectivity index (χ3v) is 4.94. The lowest BCUT2D eigenvalue weighted by atomic mass is 10.1. The summed E-state index contributed by atoms with van der Waals surface area (Å²) >= 11 is 6.22. The van der Waals surface area contributed by atoms with E-state index in [0.29, 0.717) is 35.4 Å². The van der Waals surface area contributed by atoms with Gasteiger partial charge in [0.1, 0.15) is 13.2 Å². The first-order valence-electron chi connectivity index (χ1n) is 8.92. The fraction of sp³-hybridized carbons (Fsp3) is 0.250. The molecule has 1 aliphatic rings. The number of nitrogens with one attached hydrogen (secondary N) is 1. The number of nitrogens with zero attached hydrogens (tertiary/aromatic N) is 3. The molecule has 2 aromatic carbocycles. The third-order valence-electron chi connectivity index (χ3n) is 4.60. The fourth-order valence-corrected chi connectivity index (χ4v) is 3.42. The molecular weight excluding hydrogens is 380 g/mol. The lowest BCUT2D eigenvalue weighted by molar-refractivity contribution is 0.0934. The highest BCUT2D eigenvalue weighted by Gasteiger charge is 2.21. The van der Waals surface area contributed by atoms with Crippen molar-refractivity contribution in [1.29, 1.82) is 0 Å². The molecule has 144 valence electrons. The molecule has 0 aliphatic carbocycles. The Morgan fingerprint density at radius 1 is 1.18 bits per heavy atom. The number of carbonyl (C=O) groups is 1. The van der Waals surface area contributed by atoms with Gasteiger partial charge in [0, 0.05) is 11.1 Å². The van der Waals surface area contributed by atoms with Crippen molar-refractivity contribution in [3.63, 3.8) is 0 Å². The number of halogens is 1. The van der Waals surface area contributed by atoms with Gasteiger partial charge >= 0.3 is 0 Å². The molecule has 1 aliphatic heterocycles. The van der Waals surface area contributed by atoms with Crippen LogP contribution in [0.5, 0.6) is 11.5 Å². The molecule has 1 amide bonds. The Hall–Kier alpha value is -3.06. The van der Waals surface area contributed by atoms with Crippen molar-refractivity contribution in [2.75, 3.05) is 13.2 Å². The molecule has 1 atom stereocenters. The van der Waals surface area contributed by atoms with E-state index in [1.165, 1.54) is 0 Å². The monoisotopic (exact) mass is 398 g/mol.